The van der Waals surface area contributed by atoms with Gasteiger partial charge >= 0.3 is 0 Å². The topological polar surface area (TPSA) is 58.7 Å². The predicted molar refractivity (Wildman–Crippen MR) is 114 cm³/mol. The van der Waals surface area contributed by atoms with E-state index in [2.05, 4.69) is 6.07 Å². The van der Waals surface area contributed by atoms with Gasteiger partial charge in [0.05, 0.1) is 11.5 Å². The molecule has 0 spiro atoms. The molecule has 0 saturated heterocycles. The highest BCUT2D eigenvalue weighted by Crippen LogP contribution is 2.36. The van der Waals surface area contributed by atoms with E-state index in [1.807, 2.05) is 67.6 Å². The largest absolute Gasteiger partial charge is 0.292 e. The Morgan fingerprint density at radius 2 is 1.68 bits per heavy atom. The molecule has 0 fully saturated rings. The number of rotatable bonds is 5. The fraction of sp³-hybridized carbons (Fsp3) is 0.174. The van der Waals surface area contributed by atoms with Crippen molar-refractivity contribution in [3.8, 4) is 28.6 Å². The number of aromatic nitrogens is 2. The third-order valence-electron chi connectivity index (χ3n) is 4.75. The monoisotopic (exact) mass is 385 g/mol. The molecule has 4 rings (SSSR count). The molecule has 2 heterocycles. The summed E-state index contributed by atoms with van der Waals surface area (Å²) in [5.74, 6) is 0.664. The van der Waals surface area contributed by atoms with Crippen LogP contribution in [0.2, 0.25) is 0 Å². The Kier molecular flexibility index (Phi) is 5.05. The lowest BCUT2D eigenvalue weighted by molar-refractivity contribution is 0.634. The Balaban J connectivity index is 2.00. The van der Waals surface area contributed by atoms with Crippen LogP contribution in [0.15, 0.2) is 65.5 Å². The molecule has 0 amide bonds. The number of nitrogens with zero attached hydrogens (tertiary/aromatic N) is 3. The summed E-state index contributed by atoms with van der Waals surface area (Å²) in [5.41, 5.74) is 2.86. The summed E-state index contributed by atoms with van der Waals surface area (Å²) in [6, 6.07) is 21.9. The Morgan fingerprint density at radius 1 is 1.04 bits per heavy atom. The predicted octanol–water partition coefficient (Wildman–Crippen LogP) is 5.40. The van der Waals surface area contributed by atoms with Crippen LogP contribution in [-0.2, 0) is 6.54 Å². The second-order valence-electron chi connectivity index (χ2n) is 6.60. The van der Waals surface area contributed by atoms with Crippen molar-refractivity contribution >= 4 is 21.6 Å². The van der Waals surface area contributed by atoms with Gasteiger partial charge in [-0.05, 0) is 18.9 Å². The van der Waals surface area contributed by atoms with Crippen molar-refractivity contribution in [1.29, 1.82) is 5.26 Å². The molecule has 0 aliphatic carbocycles. The minimum atomic E-state index is -0.0370. The summed E-state index contributed by atoms with van der Waals surface area (Å²) in [6.07, 6.45) is 1.03. The van der Waals surface area contributed by atoms with Crippen LogP contribution in [0.3, 0.4) is 0 Å². The molecule has 5 heteroatoms. The van der Waals surface area contributed by atoms with Gasteiger partial charge in [0.1, 0.15) is 10.7 Å². The normalized spacial score (nSPS) is 10.9. The molecule has 4 nitrogen and oxygen atoms in total. The average Bonchev–Trinajstić information content (AvgIpc) is 3.07. The SMILES string of the molecule is Cc1sc2nc(-c3ccccc3)n(CCCC#N)c(=O)c2c1-c1ccccc1. The van der Waals surface area contributed by atoms with Crippen molar-refractivity contribution in [2.24, 2.45) is 0 Å². The smallest absolute Gasteiger partial charge is 0.263 e. The van der Waals surface area contributed by atoms with E-state index < -0.39 is 0 Å². The van der Waals surface area contributed by atoms with Gasteiger partial charge in [0, 0.05) is 29.0 Å². The molecule has 2 aromatic heterocycles. The Bertz CT molecular complexity index is 1220. The quantitative estimate of drug-likeness (QED) is 0.432. The number of aryl methyl sites for hydroxylation is 1. The molecule has 138 valence electrons. The van der Waals surface area contributed by atoms with Crippen LogP contribution >= 0.6 is 11.3 Å². The minimum absolute atomic E-state index is 0.0370. The summed E-state index contributed by atoms with van der Waals surface area (Å²) in [7, 11) is 0. The lowest BCUT2D eigenvalue weighted by Gasteiger charge is -2.12. The highest BCUT2D eigenvalue weighted by molar-refractivity contribution is 7.19. The highest BCUT2D eigenvalue weighted by Gasteiger charge is 2.20. The van der Waals surface area contributed by atoms with Gasteiger partial charge in [0.15, 0.2) is 0 Å². The van der Waals surface area contributed by atoms with E-state index in [1.165, 1.54) is 0 Å². The van der Waals surface area contributed by atoms with E-state index in [1.54, 1.807) is 15.9 Å². The molecule has 28 heavy (non-hydrogen) atoms. The number of hydrogen-bond acceptors (Lipinski definition) is 4. The first-order chi connectivity index (χ1) is 13.7. The number of nitriles is 1. The molecule has 0 bridgehead atoms. The third kappa shape index (κ3) is 3.23. The van der Waals surface area contributed by atoms with Gasteiger partial charge in [0.2, 0.25) is 0 Å². The lowest BCUT2D eigenvalue weighted by atomic mass is 10.0. The number of unbranched alkanes of at least 4 members (excludes halogenated alkanes) is 1. The summed E-state index contributed by atoms with van der Waals surface area (Å²) < 4.78 is 1.73. The molecule has 0 N–H and O–H groups in total. The second kappa shape index (κ2) is 7.79. The van der Waals surface area contributed by atoms with E-state index in [9.17, 15) is 4.79 Å². The summed E-state index contributed by atoms with van der Waals surface area (Å²) >= 11 is 1.56. The number of benzene rings is 2. The van der Waals surface area contributed by atoms with Gasteiger partial charge in [0.25, 0.3) is 5.56 Å². The Morgan fingerprint density at radius 3 is 2.32 bits per heavy atom. The zero-order valence-electron chi connectivity index (χ0n) is 15.6. The first-order valence-electron chi connectivity index (χ1n) is 9.22. The van der Waals surface area contributed by atoms with Crippen molar-refractivity contribution in [3.63, 3.8) is 0 Å². The molecule has 0 unspecified atom stereocenters. The molecule has 0 radical (unpaired) electrons. The van der Waals surface area contributed by atoms with Crippen molar-refractivity contribution in [1.82, 2.24) is 9.55 Å². The van der Waals surface area contributed by atoms with Crippen molar-refractivity contribution < 1.29 is 0 Å². The van der Waals surface area contributed by atoms with Crippen LogP contribution < -0.4 is 5.56 Å². The van der Waals surface area contributed by atoms with Crippen LogP contribution in [-0.4, -0.2) is 9.55 Å². The van der Waals surface area contributed by atoms with Crippen LogP contribution in [0.1, 0.15) is 17.7 Å². The maximum absolute atomic E-state index is 13.6. The molecular formula is C23H19N3OS. The first-order valence-corrected chi connectivity index (χ1v) is 10.0. The number of thiophene rings is 1. The number of hydrogen-bond donors (Lipinski definition) is 0. The standard InChI is InChI=1S/C23H19N3OS/c1-16-19(17-10-4-2-5-11-17)20-22(28-16)25-21(18-12-6-3-7-13-18)26(23(20)27)15-9-8-14-24/h2-7,10-13H,8-9,15H2,1H3. The van der Waals surface area contributed by atoms with Crippen LogP contribution in [0, 0.1) is 18.3 Å². The van der Waals surface area contributed by atoms with Gasteiger partial charge in [-0.3, -0.25) is 9.36 Å². The van der Waals surface area contributed by atoms with E-state index in [0.717, 1.165) is 26.4 Å². The summed E-state index contributed by atoms with van der Waals surface area (Å²) in [5, 5.41) is 9.59. The number of fused-ring (bicyclic) bond motifs is 1. The fourth-order valence-electron chi connectivity index (χ4n) is 3.48. The van der Waals surface area contributed by atoms with Gasteiger partial charge in [-0.1, -0.05) is 60.7 Å². The van der Waals surface area contributed by atoms with Crippen LogP contribution in [0.5, 0.6) is 0 Å². The van der Waals surface area contributed by atoms with E-state index in [0.29, 0.717) is 30.6 Å². The third-order valence-corrected chi connectivity index (χ3v) is 5.75. The van der Waals surface area contributed by atoms with Crippen molar-refractivity contribution in [2.45, 2.75) is 26.3 Å². The second-order valence-corrected chi connectivity index (χ2v) is 7.80. The van der Waals surface area contributed by atoms with Gasteiger partial charge in [-0.2, -0.15) is 5.26 Å². The Hall–Kier alpha value is -3.23. The highest BCUT2D eigenvalue weighted by atomic mass is 32.1. The fourth-order valence-corrected chi connectivity index (χ4v) is 4.51. The Labute approximate surface area is 167 Å². The lowest BCUT2D eigenvalue weighted by Crippen LogP contribution is -2.23. The summed E-state index contributed by atoms with van der Waals surface area (Å²) in [6.45, 7) is 2.51. The van der Waals surface area contributed by atoms with Gasteiger partial charge in [-0.15, -0.1) is 11.3 Å². The van der Waals surface area contributed by atoms with Crippen molar-refractivity contribution in [2.75, 3.05) is 0 Å². The van der Waals surface area contributed by atoms with Gasteiger partial charge < -0.3 is 0 Å². The van der Waals surface area contributed by atoms with Crippen molar-refractivity contribution in [3.05, 3.63) is 75.9 Å². The maximum Gasteiger partial charge on any atom is 0.263 e. The average molecular weight is 385 g/mol. The molecule has 4 aromatic rings. The first kappa shape index (κ1) is 18.1. The molecule has 0 aliphatic rings. The molecule has 0 aliphatic heterocycles. The van der Waals surface area contributed by atoms with E-state index >= 15 is 0 Å². The van der Waals surface area contributed by atoms with Crippen LogP contribution in [0.25, 0.3) is 32.7 Å². The van der Waals surface area contributed by atoms with E-state index in [-0.39, 0.29) is 5.56 Å². The maximum atomic E-state index is 13.6. The minimum Gasteiger partial charge on any atom is -0.292 e. The zero-order chi connectivity index (χ0) is 19.5. The molecular weight excluding hydrogens is 366 g/mol. The molecule has 0 atom stereocenters. The summed E-state index contributed by atoms with van der Waals surface area (Å²) in [4.78, 5) is 20.3. The molecule has 2 aromatic carbocycles. The van der Waals surface area contributed by atoms with Gasteiger partial charge in [-0.25, -0.2) is 4.98 Å². The van der Waals surface area contributed by atoms with Crippen LogP contribution in [0.4, 0.5) is 0 Å². The molecule has 0 saturated carbocycles. The zero-order valence-corrected chi connectivity index (χ0v) is 16.4. The van der Waals surface area contributed by atoms with E-state index in [4.69, 9.17) is 10.2 Å².